The second-order valence-corrected chi connectivity index (χ2v) is 6.32. The Bertz CT molecular complexity index is 544. The van der Waals surface area contributed by atoms with Gasteiger partial charge < -0.3 is 19.3 Å². The number of hydrogen-bond donors (Lipinski definition) is 1. The van der Waals surface area contributed by atoms with E-state index < -0.39 is 12.0 Å². The normalized spacial score (nSPS) is 16.9. The van der Waals surface area contributed by atoms with E-state index in [2.05, 4.69) is 0 Å². The summed E-state index contributed by atoms with van der Waals surface area (Å²) in [6.45, 7) is 4.11. The standard InChI is InChI=1S/C18H27NO5/c1-12-9-14(22-3)16(15(10-12)23-4)17(18(20)21)19(2)11-13-5-7-24-8-6-13/h9-10,13,17H,5-8,11H2,1-4H3,(H,20,21). The number of aryl methyl sites for hydroxylation is 1. The molecule has 0 spiro atoms. The van der Waals surface area contributed by atoms with E-state index in [1.807, 2.05) is 31.0 Å². The van der Waals surface area contributed by atoms with Crippen molar-refractivity contribution in [1.29, 1.82) is 0 Å². The Morgan fingerprint density at radius 3 is 2.29 bits per heavy atom. The minimum absolute atomic E-state index is 0.438. The van der Waals surface area contributed by atoms with Crippen LogP contribution in [-0.2, 0) is 9.53 Å². The van der Waals surface area contributed by atoms with Crippen LogP contribution in [0.5, 0.6) is 11.5 Å². The lowest BCUT2D eigenvalue weighted by atomic mass is 9.96. The SMILES string of the molecule is COc1cc(C)cc(OC)c1C(C(=O)O)N(C)CC1CCOCC1. The summed E-state index contributed by atoms with van der Waals surface area (Å²) in [5, 5.41) is 9.86. The van der Waals surface area contributed by atoms with E-state index in [9.17, 15) is 9.90 Å². The van der Waals surface area contributed by atoms with Gasteiger partial charge in [0, 0.05) is 19.8 Å². The van der Waals surface area contributed by atoms with Crippen LogP contribution >= 0.6 is 0 Å². The fourth-order valence-corrected chi connectivity index (χ4v) is 3.31. The molecule has 1 heterocycles. The molecular formula is C18H27NO5. The molecule has 24 heavy (non-hydrogen) atoms. The molecular weight excluding hydrogens is 310 g/mol. The average molecular weight is 337 g/mol. The summed E-state index contributed by atoms with van der Waals surface area (Å²) in [6.07, 6.45) is 1.91. The van der Waals surface area contributed by atoms with Crippen molar-refractivity contribution < 1.29 is 24.1 Å². The molecule has 1 aliphatic heterocycles. The third-order valence-electron chi connectivity index (χ3n) is 4.52. The predicted molar refractivity (Wildman–Crippen MR) is 90.8 cm³/mol. The molecule has 134 valence electrons. The molecule has 1 N–H and O–H groups in total. The molecule has 1 unspecified atom stereocenters. The lowest BCUT2D eigenvalue weighted by Crippen LogP contribution is -2.36. The summed E-state index contributed by atoms with van der Waals surface area (Å²) in [5.41, 5.74) is 1.52. The van der Waals surface area contributed by atoms with Gasteiger partial charge in [0.05, 0.1) is 19.8 Å². The number of carboxylic acid groups (broad SMARTS) is 1. The summed E-state index contributed by atoms with van der Waals surface area (Å²) in [6, 6.07) is 2.87. The van der Waals surface area contributed by atoms with Crippen LogP contribution in [0, 0.1) is 12.8 Å². The van der Waals surface area contributed by atoms with Crippen molar-refractivity contribution in [3.05, 3.63) is 23.3 Å². The molecule has 1 aromatic carbocycles. The molecule has 1 saturated heterocycles. The number of benzene rings is 1. The van der Waals surface area contributed by atoms with E-state index in [1.54, 1.807) is 14.2 Å². The van der Waals surface area contributed by atoms with Crippen molar-refractivity contribution >= 4 is 5.97 Å². The van der Waals surface area contributed by atoms with Crippen LogP contribution in [0.25, 0.3) is 0 Å². The van der Waals surface area contributed by atoms with E-state index in [4.69, 9.17) is 14.2 Å². The van der Waals surface area contributed by atoms with Gasteiger partial charge in [-0.1, -0.05) is 0 Å². The number of carboxylic acids is 1. The minimum atomic E-state index is -0.912. The van der Waals surface area contributed by atoms with Gasteiger partial charge in [0.15, 0.2) is 0 Å². The van der Waals surface area contributed by atoms with Crippen molar-refractivity contribution in [2.24, 2.45) is 5.92 Å². The molecule has 0 bridgehead atoms. The molecule has 6 heteroatoms. The quantitative estimate of drug-likeness (QED) is 0.824. The predicted octanol–water partition coefficient (Wildman–Crippen LogP) is 2.50. The number of carbonyl (C=O) groups is 1. The molecule has 0 saturated carbocycles. The van der Waals surface area contributed by atoms with Gasteiger partial charge in [0.25, 0.3) is 0 Å². The van der Waals surface area contributed by atoms with E-state index in [-0.39, 0.29) is 0 Å². The zero-order valence-electron chi connectivity index (χ0n) is 14.9. The minimum Gasteiger partial charge on any atom is -0.496 e. The topological polar surface area (TPSA) is 68.2 Å². The van der Waals surface area contributed by atoms with Gasteiger partial charge >= 0.3 is 5.97 Å². The van der Waals surface area contributed by atoms with Gasteiger partial charge in [-0.05, 0) is 50.4 Å². The van der Waals surface area contributed by atoms with Crippen LogP contribution in [0.3, 0.4) is 0 Å². The van der Waals surface area contributed by atoms with E-state index in [0.29, 0.717) is 29.5 Å². The van der Waals surface area contributed by atoms with Gasteiger partial charge in [-0.3, -0.25) is 9.69 Å². The number of aliphatic carboxylic acids is 1. The van der Waals surface area contributed by atoms with Gasteiger partial charge in [-0.15, -0.1) is 0 Å². The number of hydrogen-bond acceptors (Lipinski definition) is 5. The first-order chi connectivity index (χ1) is 11.5. The van der Waals surface area contributed by atoms with Crippen molar-refractivity contribution in [2.45, 2.75) is 25.8 Å². The van der Waals surface area contributed by atoms with Gasteiger partial charge in [0.2, 0.25) is 0 Å². The zero-order valence-corrected chi connectivity index (χ0v) is 14.9. The van der Waals surface area contributed by atoms with Crippen LogP contribution in [0.2, 0.25) is 0 Å². The Morgan fingerprint density at radius 1 is 1.29 bits per heavy atom. The zero-order chi connectivity index (χ0) is 17.7. The van der Waals surface area contributed by atoms with Crippen molar-refractivity contribution in [3.63, 3.8) is 0 Å². The Hall–Kier alpha value is -1.79. The van der Waals surface area contributed by atoms with Crippen LogP contribution in [0.15, 0.2) is 12.1 Å². The molecule has 0 aromatic heterocycles. The summed E-state index contributed by atoms with van der Waals surface area (Å²) < 4.78 is 16.3. The fourth-order valence-electron chi connectivity index (χ4n) is 3.31. The van der Waals surface area contributed by atoms with Crippen LogP contribution < -0.4 is 9.47 Å². The molecule has 1 aromatic rings. The highest BCUT2D eigenvalue weighted by Gasteiger charge is 2.32. The highest BCUT2D eigenvalue weighted by atomic mass is 16.5. The molecule has 0 amide bonds. The number of methoxy groups -OCH3 is 2. The van der Waals surface area contributed by atoms with E-state index >= 15 is 0 Å². The average Bonchev–Trinajstić information content (AvgIpc) is 2.56. The second kappa shape index (κ2) is 8.35. The van der Waals surface area contributed by atoms with Crippen molar-refractivity contribution in [1.82, 2.24) is 4.90 Å². The van der Waals surface area contributed by atoms with Crippen LogP contribution in [-0.4, -0.2) is 57.0 Å². The molecule has 0 radical (unpaired) electrons. The molecule has 1 atom stereocenters. The number of likely N-dealkylation sites (N-methyl/N-ethyl adjacent to an activating group) is 1. The molecule has 0 aliphatic carbocycles. The number of rotatable bonds is 7. The smallest absolute Gasteiger partial charge is 0.325 e. The maximum Gasteiger partial charge on any atom is 0.325 e. The molecule has 6 nitrogen and oxygen atoms in total. The Kier molecular flexibility index (Phi) is 6.45. The van der Waals surface area contributed by atoms with Crippen LogP contribution in [0.4, 0.5) is 0 Å². The largest absolute Gasteiger partial charge is 0.496 e. The highest BCUT2D eigenvalue weighted by molar-refractivity contribution is 5.78. The summed E-state index contributed by atoms with van der Waals surface area (Å²) in [4.78, 5) is 13.9. The first-order valence-electron chi connectivity index (χ1n) is 8.21. The molecule has 2 rings (SSSR count). The van der Waals surface area contributed by atoms with E-state index in [1.165, 1.54) is 0 Å². The summed E-state index contributed by atoms with van der Waals surface area (Å²) >= 11 is 0. The first-order valence-corrected chi connectivity index (χ1v) is 8.21. The Labute approximate surface area is 143 Å². The first kappa shape index (κ1) is 18.5. The second-order valence-electron chi connectivity index (χ2n) is 6.32. The highest BCUT2D eigenvalue weighted by Crippen LogP contribution is 2.38. The van der Waals surface area contributed by atoms with Gasteiger partial charge in [0.1, 0.15) is 17.5 Å². The number of nitrogens with zero attached hydrogens (tertiary/aromatic N) is 1. The fraction of sp³-hybridized carbons (Fsp3) is 0.611. The molecule has 1 aliphatic rings. The Morgan fingerprint density at radius 2 is 1.83 bits per heavy atom. The van der Waals surface area contributed by atoms with Gasteiger partial charge in [-0.25, -0.2) is 0 Å². The monoisotopic (exact) mass is 337 g/mol. The van der Waals surface area contributed by atoms with Crippen molar-refractivity contribution in [3.8, 4) is 11.5 Å². The molecule has 1 fully saturated rings. The van der Waals surface area contributed by atoms with Crippen LogP contribution in [0.1, 0.15) is 30.0 Å². The lowest BCUT2D eigenvalue weighted by Gasteiger charge is -2.32. The summed E-state index contributed by atoms with van der Waals surface area (Å²) in [5.74, 6) is 0.606. The van der Waals surface area contributed by atoms with Gasteiger partial charge in [-0.2, -0.15) is 0 Å². The maximum atomic E-state index is 12.0. The third-order valence-corrected chi connectivity index (χ3v) is 4.52. The Balaban J connectivity index is 2.34. The van der Waals surface area contributed by atoms with E-state index in [0.717, 1.165) is 31.6 Å². The summed E-state index contributed by atoms with van der Waals surface area (Å²) in [7, 11) is 4.94. The van der Waals surface area contributed by atoms with Crippen molar-refractivity contribution in [2.75, 3.05) is 41.0 Å². The number of ether oxygens (including phenoxy) is 3. The maximum absolute atomic E-state index is 12.0. The lowest BCUT2D eigenvalue weighted by molar-refractivity contribution is -0.143. The third kappa shape index (κ3) is 4.19.